The van der Waals surface area contributed by atoms with E-state index in [1.165, 1.54) is 6.07 Å². The second kappa shape index (κ2) is 6.30. The summed E-state index contributed by atoms with van der Waals surface area (Å²) in [7, 11) is 0. The lowest BCUT2D eigenvalue weighted by molar-refractivity contribution is -0.0974. The van der Waals surface area contributed by atoms with Crippen LogP contribution in [-0.2, 0) is 11.3 Å². The van der Waals surface area contributed by atoms with E-state index >= 15 is 0 Å². The third-order valence-corrected chi connectivity index (χ3v) is 3.36. The van der Waals surface area contributed by atoms with Gasteiger partial charge in [0.1, 0.15) is 11.7 Å². The van der Waals surface area contributed by atoms with E-state index in [2.05, 4.69) is 4.90 Å². The minimum atomic E-state index is -0.364. The monoisotopic (exact) mass is 281 g/mol. The summed E-state index contributed by atoms with van der Waals surface area (Å²) in [5.41, 5.74) is 6.27. The van der Waals surface area contributed by atoms with Gasteiger partial charge in [0.15, 0.2) is 0 Å². The Balaban J connectivity index is 2.07. The summed E-state index contributed by atoms with van der Waals surface area (Å²) in [5, 5.41) is 16.5. The maximum absolute atomic E-state index is 14.0. The number of aliphatic hydroxyl groups excluding tert-OH is 1. The van der Waals surface area contributed by atoms with Gasteiger partial charge >= 0.3 is 0 Å². The van der Waals surface area contributed by atoms with Crippen molar-refractivity contribution in [3.63, 3.8) is 0 Å². The molecule has 1 aliphatic heterocycles. The highest BCUT2D eigenvalue weighted by atomic mass is 19.1. The molecule has 4 N–H and O–H groups in total. The Hall–Kier alpha value is -1.50. The van der Waals surface area contributed by atoms with Gasteiger partial charge in [0, 0.05) is 30.8 Å². The molecule has 1 saturated heterocycles. The number of halogens is 1. The first-order chi connectivity index (χ1) is 9.49. The Morgan fingerprint density at radius 2 is 2.30 bits per heavy atom. The first kappa shape index (κ1) is 14.9. The van der Waals surface area contributed by atoms with Crippen molar-refractivity contribution >= 4 is 5.84 Å². The number of hydrogen-bond acceptors (Lipinski definition) is 4. The number of benzene rings is 1. The van der Waals surface area contributed by atoms with Crippen LogP contribution < -0.4 is 5.73 Å². The van der Waals surface area contributed by atoms with Crippen LogP contribution in [0.3, 0.4) is 0 Å². The highest BCUT2D eigenvalue weighted by Gasteiger charge is 2.25. The lowest BCUT2D eigenvalue weighted by Gasteiger charge is -2.36. The zero-order chi connectivity index (χ0) is 14.7. The maximum Gasteiger partial charge on any atom is 0.128 e. The van der Waals surface area contributed by atoms with Crippen molar-refractivity contribution in [3.8, 4) is 0 Å². The molecule has 20 heavy (non-hydrogen) atoms. The molecule has 5 nitrogen and oxygen atoms in total. The predicted octanol–water partition coefficient (Wildman–Crippen LogP) is 0.691. The molecule has 6 heteroatoms. The summed E-state index contributed by atoms with van der Waals surface area (Å²) in [6, 6.07) is 4.58. The second-order valence-corrected chi connectivity index (χ2v) is 5.17. The Labute approximate surface area is 117 Å². The van der Waals surface area contributed by atoms with Gasteiger partial charge in [0.05, 0.1) is 18.8 Å². The van der Waals surface area contributed by atoms with Crippen molar-refractivity contribution in [1.29, 1.82) is 5.41 Å². The maximum atomic E-state index is 14.0. The number of nitrogens with zero attached hydrogens (tertiary/aromatic N) is 1. The van der Waals surface area contributed by atoms with Crippen molar-refractivity contribution in [3.05, 3.63) is 35.1 Å². The van der Waals surface area contributed by atoms with Gasteiger partial charge in [-0.2, -0.15) is 0 Å². The average molecular weight is 281 g/mol. The molecule has 0 amide bonds. The molecule has 0 aliphatic carbocycles. The summed E-state index contributed by atoms with van der Waals surface area (Å²) in [6.07, 6.45) is -0.209. The van der Waals surface area contributed by atoms with Gasteiger partial charge in [0.25, 0.3) is 0 Å². The third-order valence-electron chi connectivity index (χ3n) is 3.36. The minimum absolute atomic E-state index is 0.0143. The van der Waals surface area contributed by atoms with Crippen molar-refractivity contribution in [2.75, 3.05) is 19.7 Å². The molecule has 0 saturated carbocycles. The number of nitrogens with two attached hydrogens (primary N) is 1. The third kappa shape index (κ3) is 3.53. The second-order valence-electron chi connectivity index (χ2n) is 5.17. The van der Waals surface area contributed by atoms with Crippen LogP contribution in [0.5, 0.6) is 0 Å². The average Bonchev–Trinajstić information content (AvgIpc) is 2.40. The van der Waals surface area contributed by atoms with E-state index in [-0.39, 0.29) is 30.5 Å². The van der Waals surface area contributed by atoms with Crippen LogP contribution in [0.2, 0.25) is 0 Å². The highest BCUT2D eigenvalue weighted by molar-refractivity contribution is 5.94. The highest BCUT2D eigenvalue weighted by Crippen LogP contribution is 2.17. The normalized spacial score (nSPS) is 23.8. The fourth-order valence-corrected chi connectivity index (χ4v) is 2.45. The molecule has 110 valence electrons. The summed E-state index contributed by atoms with van der Waals surface area (Å²) in [5.74, 6) is -0.506. The predicted molar refractivity (Wildman–Crippen MR) is 74.1 cm³/mol. The van der Waals surface area contributed by atoms with Gasteiger partial charge in [-0.1, -0.05) is 12.1 Å². The van der Waals surface area contributed by atoms with E-state index < -0.39 is 0 Å². The first-order valence-corrected chi connectivity index (χ1v) is 6.61. The number of rotatable bonds is 4. The van der Waals surface area contributed by atoms with Crippen molar-refractivity contribution in [1.82, 2.24) is 4.90 Å². The molecular formula is C14H20FN3O2. The summed E-state index contributed by atoms with van der Waals surface area (Å²) >= 11 is 0. The Morgan fingerprint density at radius 1 is 1.55 bits per heavy atom. The Kier molecular flexibility index (Phi) is 4.69. The summed E-state index contributed by atoms with van der Waals surface area (Å²) < 4.78 is 19.5. The van der Waals surface area contributed by atoms with E-state index in [0.29, 0.717) is 30.8 Å². The standard InChI is InChI=1S/C14H20FN3O2/c1-9-5-18(7-12(8-19)20-9)6-11-3-2-10(14(16)17)4-13(11)15/h2-4,9,12,19H,5-8H2,1H3,(H3,16,17). The van der Waals surface area contributed by atoms with Gasteiger partial charge < -0.3 is 15.6 Å². The number of amidine groups is 1. The van der Waals surface area contributed by atoms with Gasteiger partial charge in [0.2, 0.25) is 0 Å². The van der Waals surface area contributed by atoms with E-state index in [4.69, 9.17) is 15.9 Å². The van der Waals surface area contributed by atoms with E-state index in [0.717, 1.165) is 0 Å². The van der Waals surface area contributed by atoms with Crippen LogP contribution >= 0.6 is 0 Å². The molecule has 0 spiro atoms. The molecule has 1 fully saturated rings. The van der Waals surface area contributed by atoms with Crippen LogP contribution in [0.15, 0.2) is 18.2 Å². The van der Waals surface area contributed by atoms with E-state index in [1.54, 1.807) is 12.1 Å². The molecule has 0 bridgehead atoms. The molecule has 2 atom stereocenters. The lowest BCUT2D eigenvalue weighted by Crippen LogP contribution is -2.47. The van der Waals surface area contributed by atoms with Gasteiger partial charge in [-0.3, -0.25) is 10.3 Å². The number of aliphatic hydroxyl groups is 1. The SMILES string of the molecule is CC1CN(Cc2ccc(C(=N)N)cc2F)CC(CO)O1. The Bertz CT molecular complexity index is 495. The molecule has 1 heterocycles. The molecule has 2 rings (SSSR count). The van der Waals surface area contributed by atoms with Gasteiger partial charge in [-0.05, 0) is 13.0 Å². The van der Waals surface area contributed by atoms with E-state index in [1.807, 2.05) is 6.92 Å². The largest absolute Gasteiger partial charge is 0.394 e. The number of morpholine rings is 1. The van der Waals surface area contributed by atoms with Crippen LogP contribution in [0.25, 0.3) is 0 Å². The van der Waals surface area contributed by atoms with E-state index in [9.17, 15) is 9.50 Å². The van der Waals surface area contributed by atoms with Gasteiger partial charge in [-0.25, -0.2) is 4.39 Å². The number of nitrogen functional groups attached to an aromatic ring is 1. The molecule has 0 radical (unpaired) electrons. The summed E-state index contributed by atoms with van der Waals surface area (Å²) in [6.45, 7) is 3.63. The van der Waals surface area contributed by atoms with Crippen molar-refractivity contribution < 1.29 is 14.2 Å². The number of nitrogens with one attached hydrogen (secondary N) is 1. The Morgan fingerprint density at radius 3 is 2.90 bits per heavy atom. The first-order valence-electron chi connectivity index (χ1n) is 6.61. The molecule has 2 unspecified atom stereocenters. The summed E-state index contributed by atoms with van der Waals surface area (Å²) in [4.78, 5) is 2.06. The lowest BCUT2D eigenvalue weighted by atomic mass is 10.1. The van der Waals surface area contributed by atoms with Crippen molar-refractivity contribution in [2.45, 2.75) is 25.7 Å². The number of hydrogen-bond donors (Lipinski definition) is 3. The zero-order valence-corrected chi connectivity index (χ0v) is 11.5. The van der Waals surface area contributed by atoms with Crippen LogP contribution in [0, 0.1) is 11.2 Å². The smallest absolute Gasteiger partial charge is 0.128 e. The fraction of sp³-hybridized carbons (Fsp3) is 0.500. The fourth-order valence-electron chi connectivity index (χ4n) is 2.45. The molecular weight excluding hydrogens is 261 g/mol. The molecule has 1 aromatic rings. The minimum Gasteiger partial charge on any atom is -0.394 e. The topological polar surface area (TPSA) is 82.6 Å². The zero-order valence-electron chi connectivity index (χ0n) is 11.5. The number of ether oxygens (including phenoxy) is 1. The van der Waals surface area contributed by atoms with Crippen LogP contribution in [0.1, 0.15) is 18.1 Å². The molecule has 1 aromatic carbocycles. The molecule has 0 aromatic heterocycles. The van der Waals surface area contributed by atoms with Gasteiger partial charge in [-0.15, -0.1) is 0 Å². The quantitative estimate of drug-likeness (QED) is 0.560. The van der Waals surface area contributed by atoms with Crippen LogP contribution in [-0.4, -0.2) is 47.7 Å². The molecule has 1 aliphatic rings. The van der Waals surface area contributed by atoms with Crippen LogP contribution in [0.4, 0.5) is 4.39 Å². The van der Waals surface area contributed by atoms with Crippen molar-refractivity contribution in [2.24, 2.45) is 5.73 Å².